The molecule has 144 valence electrons. The van der Waals surface area contributed by atoms with Crippen molar-refractivity contribution in [3.8, 4) is 11.8 Å². The molecule has 0 bridgehead atoms. The first-order valence-corrected chi connectivity index (χ1v) is 8.69. The molecule has 7 heteroatoms. The molecule has 2 aromatic rings. The molecule has 0 fully saturated rings. The average Bonchev–Trinajstić information content (AvgIpc) is 2.72. The SMILES string of the molecule is CCC(=O)Nc1ccc(C(=O)COC(=O)[C@@H](C)Oc2ccc(C#N)cc2)cc1. The van der Waals surface area contributed by atoms with Crippen LogP contribution in [0.25, 0.3) is 0 Å². The highest BCUT2D eigenvalue weighted by atomic mass is 16.6. The van der Waals surface area contributed by atoms with E-state index in [-0.39, 0.29) is 11.7 Å². The number of rotatable bonds is 8. The van der Waals surface area contributed by atoms with Crippen LogP contribution in [-0.2, 0) is 14.3 Å². The van der Waals surface area contributed by atoms with Crippen LogP contribution in [0.4, 0.5) is 5.69 Å². The summed E-state index contributed by atoms with van der Waals surface area (Å²) in [6.07, 6.45) is -0.549. The van der Waals surface area contributed by atoms with E-state index in [0.717, 1.165) is 0 Å². The lowest BCUT2D eigenvalue weighted by atomic mass is 10.1. The van der Waals surface area contributed by atoms with E-state index >= 15 is 0 Å². The van der Waals surface area contributed by atoms with E-state index in [0.29, 0.717) is 29.0 Å². The summed E-state index contributed by atoms with van der Waals surface area (Å²) >= 11 is 0. The minimum absolute atomic E-state index is 0.121. The molecule has 1 N–H and O–H groups in total. The minimum Gasteiger partial charge on any atom is -0.479 e. The molecule has 0 unspecified atom stereocenters. The van der Waals surface area contributed by atoms with Gasteiger partial charge in [-0.3, -0.25) is 9.59 Å². The van der Waals surface area contributed by atoms with E-state index in [2.05, 4.69) is 5.32 Å². The molecule has 28 heavy (non-hydrogen) atoms. The highest BCUT2D eigenvalue weighted by Gasteiger charge is 2.18. The van der Waals surface area contributed by atoms with Crippen molar-refractivity contribution in [3.63, 3.8) is 0 Å². The van der Waals surface area contributed by atoms with Gasteiger partial charge in [-0.1, -0.05) is 6.92 Å². The zero-order valence-electron chi connectivity index (χ0n) is 15.6. The highest BCUT2D eigenvalue weighted by Crippen LogP contribution is 2.14. The van der Waals surface area contributed by atoms with Crippen molar-refractivity contribution in [3.05, 3.63) is 59.7 Å². The van der Waals surface area contributed by atoms with Crippen molar-refractivity contribution < 1.29 is 23.9 Å². The largest absolute Gasteiger partial charge is 0.479 e. The number of esters is 1. The van der Waals surface area contributed by atoms with Gasteiger partial charge in [0.1, 0.15) is 5.75 Å². The second-order valence-electron chi connectivity index (χ2n) is 5.91. The van der Waals surface area contributed by atoms with Gasteiger partial charge in [0, 0.05) is 17.7 Å². The van der Waals surface area contributed by atoms with E-state index < -0.39 is 18.7 Å². The van der Waals surface area contributed by atoms with Crippen LogP contribution in [0.2, 0.25) is 0 Å². The van der Waals surface area contributed by atoms with Crippen molar-refractivity contribution in [2.24, 2.45) is 0 Å². The Morgan fingerprint density at radius 2 is 1.71 bits per heavy atom. The Bertz CT molecular complexity index is 883. The molecule has 0 spiro atoms. The number of ketones is 1. The van der Waals surface area contributed by atoms with E-state index in [1.165, 1.54) is 6.92 Å². The Kier molecular flexibility index (Phi) is 7.28. The van der Waals surface area contributed by atoms with Crippen molar-refractivity contribution >= 4 is 23.3 Å². The number of carbonyl (C=O) groups is 3. The predicted octanol–water partition coefficient (Wildman–Crippen LogP) is 3.10. The maximum absolute atomic E-state index is 12.2. The highest BCUT2D eigenvalue weighted by molar-refractivity contribution is 5.99. The lowest BCUT2D eigenvalue weighted by Crippen LogP contribution is -2.28. The first-order valence-electron chi connectivity index (χ1n) is 8.69. The molecule has 0 aliphatic heterocycles. The number of nitrogens with zero attached hydrogens (tertiary/aromatic N) is 1. The summed E-state index contributed by atoms with van der Waals surface area (Å²) in [4.78, 5) is 35.5. The summed E-state index contributed by atoms with van der Waals surface area (Å²) in [7, 11) is 0. The van der Waals surface area contributed by atoms with Crippen molar-refractivity contribution in [2.75, 3.05) is 11.9 Å². The number of hydrogen-bond donors (Lipinski definition) is 1. The predicted molar refractivity (Wildman–Crippen MR) is 102 cm³/mol. The number of ether oxygens (including phenoxy) is 2. The smallest absolute Gasteiger partial charge is 0.347 e. The molecule has 1 amide bonds. The first kappa shape index (κ1) is 20.6. The first-order chi connectivity index (χ1) is 13.4. The van der Waals surface area contributed by atoms with E-state index in [1.54, 1.807) is 55.5 Å². The van der Waals surface area contributed by atoms with Gasteiger partial charge in [-0.05, 0) is 55.5 Å². The Balaban J connectivity index is 1.84. The van der Waals surface area contributed by atoms with Gasteiger partial charge < -0.3 is 14.8 Å². The van der Waals surface area contributed by atoms with Gasteiger partial charge >= 0.3 is 5.97 Å². The van der Waals surface area contributed by atoms with Gasteiger partial charge in [-0.2, -0.15) is 5.26 Å². The second-order valence-corrected chi connectivity index (χ2v) is 5.91. The van der Waals surface area contributed by atoms with Crippen LogP contribution in [0.1, 0.15) is 36.2 Å². The van der Waals surface area contributed by atoms with Crippen molar-refractivity contribution in [1.29, 1.82) is 5.26 Å². The molecule has 0 saturated heterocycles. The normalized spacial score (nSPS) is 11.0. The number of nitrogens with one attached hydrogen (secondary N) is 1. The summed E-state index contributed by atoms with van der Waals surface area (Å²) in [5.74, 6) is -0.749. The Morgan fingerprint density at radius 1 is 1.07 bits per heavy atom. The van der Waals surface area contributed by atoms with Crippen LogP contribution in [-0.4, -0.2) is 30.4 Å². The topological polar surface area (TPSA) is 105 Å². The fourth-order valence-corrected chi connectivity index (χ4v) is 2.19. The van der Waals surface area contributed by atoms with Crippen molar-refractivity contribution in [2.45, 2.75) is 26.4 Å². The Hall–Kier alpha value is -3.66. The van der Waals surface area contributed by atoms with E-state index in [1.807, 2.05) is 6.07 Å². The molecule has 7 nitrogen and oxygen atoms in total. The van der Waals surface area contributed by atoms with Crippen LogP contribution in [0.5, 0.6) is 5.75 Å². The van der Waals surface area contributed by atoms with Gasteiger partial charge in [0.25, 0.3) is 0 Å². The fraction of sp³-hybridized carbons (Fsp3) is 0.238. The zero-order chi connectivity index (χ0) is 20.5. The van der Waals surface area contributed by atoms with Gasteiger partial charge in [-0.25, -0.2) is 4.79 Å². The summed E-state index contributed by atoms with van der Waals surface area (Å²) in [5, 5.41) is 11.4. The van der Waals surface area contributed by atoms with Crippen LogP contribution >= 0.6 is 0 Å². The maximum Gasteiger partial charge on any atom is 0.347 e. The molecule has 0 aliphatic carbocycles. The van der Waals surface area contributed by atoms with Crippen LogP contribution < -0.4 is 10.1 Å². The number of Topliss-reactive ketones (excluding diaryl/α,β-unsaturated/α-hetero) is 1. The number of benzene rings is 2. The molecule has 2 aromatic carbocycles. The third-order valence-electron chi connectivity index (χ3n) is 3.79. The number of carbonyl (C=O) groups excluding carboxylic acids is 3. The van der Waals surface area contributed by atoms with Crippen LogP contribution in [0, 0.1) is 11.3 Å². The molecular weight excluding hydrogens is 360 g/mol. The van der Waals surface area contributed by atoms with Crippen molar-refractivity contribution in [1.82, 2.24) is 0 Å². The molecule has 0 aromatic heterocycles. The molecule has 2 rings (SSSR count). The zero-order valence-corrected chi connectivity index (χ0v) is 15.6. The minimum atomic E-state index is -0.910. The summed E-state index contributed by atoms with van der Waals surface area (Å²) in [6, 6.07) is 14.6. The lowest BCUT2D eigenvalue weighted by molar-refractivity contribution is -0.149. The number of nitriles is 1. The molecule has 1 atom stereocenters. The molecule has 0 radical (unpaired) electrons. The van der Waals surface area contributed by atoms with Crippen LogP contribution in [0.3, 0.4) is 0 Å². The van der Waals surface area contributed by atoms with Gasteiger partial charge in [-0.15, -0.1) is 0 Å². The molecule has 0 heterocycles. The van der Waals surface area contributed by atoms with Crippen LogP contribution in [0.15, 0.2) is 48.5 Å². The van der Waals surface area contributed by atoms with E-state index in [4.69, 9.17) is 14.7 Å². The summed E-state index contributed by atoms with van der Waals surface area (Å²) < 4.78 is 10.5. The number of amides is 1. The Labute approximate surface area is 162 Å². The summed E-state index contributed by atoms with van der Waals surface area (Å²) in [6.45, 7) is 2.84. The molecule has 0 aliphatic rings. The third-order valence-corrected chi connectivity index (χ3v) is 3.79. The second kappa shape index (κ2) is 9.88. The van der Waals surface area contributed by atoms with E-state index in [9.17, 15) is 14.4 Å². The van der Waals surface area contributed by atoms with Gasteiger partial charge in [0.2, 0.25) is 5.91 Å². The van der Waals surface area contributed by atoms with Gasteiger partial charge in [0.05, 0.1) is 11.6 Å². The molecule has 0 saturated carbocycles. The fourth-order valence-electron chi connectivity index (χ4n) is 2.19. The quantitative estimate of drug-likeness (QED) is 0.557. The summed E-state index contributed by atoms with van der Waals surface area (Å²) in [5.41, 5.74) is 1.43. The maximum atomic E-state index is 12.2. The number of anilines is 1. The number of hydrogen-bond acceptors (Lipinski definition) is 6. The monoisotopic (exact) mass is 380 g/mol. The standard InChI is InChI=1S/C21H20N2O5/c1-3-20(25)23-17-8-6-16(7-9-17)19(24)13-27-21(26)14(2)28-18-10-4-15(12-22)5-11-18/h4-11,14H,3,13H2,1-2H3,(H,23,25)/t14-/m1/s1. The Morgan fingerprint density at radius 3 is 2.29 bits per heavy atom. The lowest BCUT2D eigenvalue weighted by Gasteiger charge is -2.13. The van der Waals surface area contributed by atoms with Gasteiger partial charge in [0.15, 0.2) is 18.5 Å². The molecular formula is C21H20N2O5. The third kappa shape index (κ3) is 5.95. The average molecular weight is 380 g/mol.